The summed E-state index contributed by atoms with van der Waals surface area (Å²) in [5.74, 6) is 0.794. The molecular weight excluding hydrogens is 358 g/mol. The predicted molar refractivity (Wildman–Crippen MR) is 107 cm³/mol. The molecule has 27 heavy (non-hydrogen) atoms. The molecule has 1 saturated heterocycles. The minimum absolute atomic E-state index is 0.106. The Morgan fingerprint density at radius 3 is 2.44 bits per heavy atom. The second-order valence-corrected chi connectivity index (χ2v) is 7.44. The third-order valence-corrected chi connectivity index (χ3v) is 5.59. The zero-order chi connectivity index (χ0) is 18.6. The SMILES string of the molecule is CC(=O)c1ccc(N2CCN(Cc3csc(-c4ncccn4)n3)CC2)cc1. The lowest BCUT2D eigenvalue weighted by Crippen LogP contribution is -2.46. The maximum absolute atomic E-state index is 11.4. The van der Waals surface area contributed by atoms with Gasteiger partial charge in [0.05, 0.1) is 5.69 Å². The number of nitrogens with zero attached hydrogens (tertiary/aromatic N) is 5. The molecule has 0 radical (unpaired) electrons. The van der Waals surface area contributed by atoms with Gasteiger partial charge in [-0.05, 0) is 37.3 Å². The summed E-state index contributed by atoms with van der Waals surface area (Å²) in [7, 11) is 0. The summed E-state index contributed by atoms with van der Waals surface area (Å²) in [4.78, 5) is 29.4. The molecule has 3 aromatic rings. The summed E-state index contributed by atoms with van der Waals surface area (Å²) in [5, 5.41) is 2.97. The van der Waals surface area contributed by atoms with Gasteiger partial charge in [-0.15, -0.1) is 11.3 Å². The molecule has 0 amide bonds. The summed E-state index contributed by atoms with van der Waals surface area (Å²) in [6.45, 7) is 6.37. The Hall–Kier alpha value is -2.64. The average molecular weight is 379 g/mol. The Bertz CT molecular complexity index is 902. The quantitative estimate of drug-likeness (QED) is 0.635. The molecule has 138 valence electrons. The van der Waals surface area contributed by atoms with E-state index in [0.29, 0.717) is 5.82 Å². The molecule has 1 aliphatic rings. The van der Waals surface area contributed by atoms with Crippen molar-refractivity contribution in [3.63, 3.8) is 0 Å². The molecule has 0 N–H and O–H groups in total. The van der Waals surface area contributed by atoms with Crippen LogP contribution in [0, 0.1) is 0 Å². The van der Waals surface area contributed by atoms with Crippen LogP contribution in [0.15, 0.2) is 48.1 Å². The van der Waals surface area contributed by atoms with Crippen molar-refractivity contribution in [2.75, 3.05) is 31.1 Å². The monoisotopic (exact) mass is 379 g/mol. The van der Waals surface area contributed by atoms with Crippen LogP contribution in [0.2, 0.25) is 0 Å². The second kappa shape index (κ2) is 7.94. The largest absolute Gasteiger partial charge is 0.369 e. The lowest BCUT2D eigenvalue weighted by atomic mass is 10.1. The minimum atomic E-state index is 0.106. The Kier molecular flexibility index (Phi) is 5.22. The van der Waals surface area contributed by atoms with Gasteiger partial charge in [0.15, 0.2) is 16.6 Å². The maximum Gasteiger partial charge on any atom is 0.188 e. The fourth-order valence-electron chi connectivity index (χ4n) is 3.19. The van der Waals surface area contributed by atoms with Crippen LogP contribution in [0.5, 0.6) is 0 Å². The van der Waals surface area contributed by atoms with E-state index in [1.807, 2.05) is 30.3 Å². The molecule has 6 nitrogen and oxygen atoms in total. The molecule has 0 unspecified atom stereocenters. The number of benzene rings is 1. The number of rotatable bonds is 5. The molecule has 1 fully saturated rings. The predicted octanol–water partition coefficient (Wildman–Crippen LogP) is 3.12. The van der Waals surface area contributed by atoms with Gasteiger partial charge in [0.25, 0.3) is 0 Å². The Labute approximate surface area is 162 Å². The lowest BCUT2D eigenvalue weighted by molar-refractivity contribution is 0.101. The van der Waals surface area contributed by atoms with Crippen LogP contribution in [-0.2, 0) is 6.54 Å². The number of Topliss-reactive ketones (excluding diaryl/α,β-unsaturated/α-hetero) is 1. The van der Waals surface area contributed by atoms with Crippen molar-refractivity contribution in [1.29, 1.82) is 0 Å². The molecule has 4 rings (SSSR count). The van der Waals surface area contributed by atoms with E-state index in [2.05, 4.69) is 30.1 Å². The highest BCUT2D eigenvalue weighted by atomic mass is 32.1. The van der Waals surface area contributed by atoms with Gasteiger partial charge in [-0.3, -0.25) is 9.69 Å². The summed E-state index contributed by atoms with van der Waals surface area (Å²) in [6, 6.07) is 9.71. The van der Waals surface area contributed by atoms with Gasteiger partial charge in [-0.1, -0.05) is 0 Å². The number of hydrogen-bond acceptors (Lipinski definition) is 7. The van der Waals surface area contributed by atoms with Crippen molar-refractivity contribution >= 4 is 22.8 Å². The molecule has 0 bridgehead atoms. The van der Waals surface area contributed by atoms with Crippen molar-refractivity contribution in [2.24, 2.45) is 0 Å². The van der Waals surface area contributed by atoms with Crippen molar-refractivity contribution in [1.82, 2.24) is 19.9 Å². The summed E-state index contributed by atoms with van der Waals surface area (Å²) in [6.07, 6.45) is 3.48. The fourth-order valence-corrected chi connectivity index (χ4v) is 3.95. The maximum atomic E-state index is 11.4. The number of anilines is 1. The van der Waals surface area contributed by atoms with Gasteiger partial charge in [0.1, 0.15) is 0 Å². The van der Waals surface area contributed by atoms with Gasteiger partial charge in [0.2, 0.25) is 0 Å². The van der Waals surface area contributed by atoms with E-state index in [9.17, 15) is 4.79 Å². The minimum Gasteiger partial charge on any atom is -0.369 e. The molecule has 2 aromatic heterocycles. The third kappa shape index (κ3) is 4.20. The van der Waals surface area contributed by atoms with E-state index in [-0.39, 0.29) is 5.78 Å². The number of hydrogen-bond donors (Lipinski definition) is 0. The van der Waals surface area contributed by atoms with Crippen LogP contribution in [0.1, 0.15) is 23.0 Å². The van der Waals surface area contributed by atoms with E-state index >= 15 is 0 Å². The van der Waals surface area contributed by atoms with Crippen molar-refractivity contribution < 1.29 is 4.79 Å². The number of carbonyl (C=O) groups is 1. The number of thiazole rings is 1. The van der Waals surface area contributed by atoms with Crippen LogP contribution in [0.3, 0.4) is 0 Å². The van der Waals surface area contributed by atoms with Gasteiger partial charge in [-0.2, -0.15) is 0 Å². The lowest BCUT2D eigenvalue weighted by Gasteiger charge is -2.35. The highest BCUT2D eigenvalue weighted by Gasteiger charge is 2.19. The van der Waals surface area contributed by atoms with E-state index in [0.717, 1.165) is 49.0 Å². The summed E-state index contributed by atoms with van der Waals surface area (Å²) >= 11 is 1.59. The topological polar surface area (TPSA) is 62.2 Å². The first-order valence-corrected chi connectivity index (χ1v) is 9.87. The fraction of sp³-hybridized carbons (Fsp3) is 0.300. The normalized spacial score (nSPS) is 15.1. The van der Waals surface area contributed by atoms with E-state index in [4.69, 9.17) is 0 Å². The average Bonchev–Trinajstić information content (AvgIpc) is 3.18. The summed E-state index contributed by atoms with van der Waals surface area (Å²) in [5.41, 5.74) is 3.01. The first-order chi connectivity index (χ1) is 13.2. The molecule has 0 saturated carbocycles. The van der Waals surface area contributed by atoms with Gasteiger partial charge >= 0.3 is 0 Å². The zero-order valence-electron chi connectivity index (χ0n) is 15.2. The highest BCUT2D eigenvalue weighted by molar-refractivity contribution is 7.13. The van der Waals surface area contributed by atoms with Crippen LogP contribution < -0.4 is 4.90 Å². The van der Waals surface area contributed by atoms with Crippen LogP contribution in [-0.4, -0.2) is 51.8 Å². The number of ketones is 1. The Balaban J connectivity index is 1.33. The van der Waals surface area contributed by atoms with E-state index < -0.39 is 0 Å². The first kappa shape index (κ1) is 17.8. The van der Waals surface area contributed by atoms with E-state index in [1.54, 1.807) is 30.7 Å². The number of piperazine rings is 1. The smallest absolute Gasteiger partial charge is 0.188 e. The van der Waals surface area contributed by atoms with Crippen LogP contribution in [0.25, 0.3) is 10.8 Å². The van der Waals surface area contributed by atoms with Gasteiger partial charge < -0.3 is 4.90 Å². The molecule has 1 aromatic carbocycles. The molecule has 7 heteroatoms. The highest BCUT2D eigenvalue weighted by Crippen LogP contribution is 2.22. The first-order valence-electron chi connectivity index (χ1n) is 8.99. The Morgan fingerprint density at radius 2 is 1.78 bits per heavy atom. The molecule has 0 atom stereocenters. The van der Waals surface area contributed by atoms with Gasteiger partial charge in [-0.25, -0.2) is 15.0 Å². The second-order valence-electron chi connectivity index (χ2n) is 6.58. The molecule has 0 aliphatic carbocycles. The zero-order valence-corrected chi connectivity index (χ0v) is 16.0. The summed E-state index contributed by atoms with van der Waals surface area (Å²) < 4.78 is 0. The van der Waals surface area contributed by atoms with Crippen molar-refractivity contribution in [3.8, 4) is 10.8 Å². The molecule has 0 spiro atoms. The Morgan fingerprint density at radius 1 is 1.07 bits per heavy atom. The van der Waals surface area contributed by atoms with Crippen LogP contribution in [0.4, 0.5) is 5.69 Å². The molecule has 3 heterocycles. The van der Waals surface area contributed by atoms with E-state index in [1.165, 1.54) is 5.69 Å². The van der Waals surface area contributed by atoms with Crippen molar-refractivity contribution in [2.45, 2.75) is 13.5 Å². The van der Waals surface area contributed by atoms with Gasteiger partial charge in [0, 0.05) is 61.7 Å². The third-order valence-electron chi connectivity index (χ3n) is 4.71. The molecule has 1 aliphatic heterocycles. The molecular formula is C20H21N5OS. The van der Waals surface area contributed by atoms with Crippen molar-refractivity contribution in [3.05, 3.63) is 59.4 Å². The standard InChI is InChI=1S/C20H21N5OS/c1-15(26)16-3-5-18(6-4-16)25-11-9-24(10-12-25)13-17-14-27-20(23-17)19-21-7-2-8-22-19/h2-8,14H,9-13H2,1H3. The number of aromatic nitrogens is 3. The van der Waals surface area contributed by atoms with Crippen LogP contribution >= 0.6 is 11.3 Å². The number of carbonyl (C=O) groups excluding carboxylic acids is 1.